The van der Waals surface area contributed by atoms with Crippen molar-refractivity contribution in [1.29, 1.82) is 0 Å². The van der Waals surface area contributed by atoms with Crippen molar-refractivity contribution in [3.05, 3.63) is 34.2 Å². The second-order valence-corrected chi connectivity index (χ2v) is 2.42. The van der Waals surface area contributed by atoms with E-state index in [0.717, 1.165) is 4.73 Å². The van der Waals surface area contributed by atoms with E-state index in [4.69, 9.17) is 0 Å². The van der Waals surface area contributed by atoms with Crippen LogP contribution in [0.25, 0.3) is 0 Å². The van der Waals surface area contributed by atoms with Crippen LogP contribution >= 0.6 is 9.47 Å². The molecule has 1 heterocycles. The standard InChI is InChI=1S/C7H8NO3P/c1-5(9)6-3-2-4-7(10)8(6)11-12/h2-4H,12H2,1H3. The number of ketones is 1. The predicted octanol–water partition coefficient (Wildman–Crippen LogP) is 0.270. The van der Waals surface area contributed by atoms with E-state index in [0.29, 0.717) is 0 Å². The van der Waals surface area contributed by atoms with Crippen LogP contribution in [0.1, 0.15) is 17.4 Å². The Labute approximate surface area is 71.4 Å². The molecule has 1 unspecified atom stereocenters. The van der Waals surface area contributed by atoms with E-state index in [1.54, 1.807) is 0 Å². The molecular formula is C7H8NO3P. The van der Waals surface area contributed by atoms with Crippen LogP contribution in [0.3, 0.4) is 0 Å². The highest BCUT2D eigenvalue weighted by Crippen LogP contribution is 1.96. The molecule has 4 nitrogen and oxygen atoms in total. The maximum Gasteiger partial charge on any atom is 0.283 e. The summed E-state index contributed by atoms with van der Waals surface area (Å²) in [6.07, 6.45) is 0. The van der Waals surface area contributed by atoms with Crippen LogP contribution < -0.4 is 10.2 Å². The lowest BCUT2D eigenvalue weighted by Crippen LogP contribution is -2.26. The zero-order valence-corrected chi connectivity index (χ0v) is 7.64. The summed E-state index contributed by atoms with van der Waals surface area (Å²) in [5, 5.41) is 0. The lowest BCUT2D eigenvalue weighted by molar-refractivity contribution is 0.0987. The number of rotatable bonds is 2. The molecule has 1 atom stereocenters. The molecule has 0 N–H and O–H groups in total. The Morgan fingerprint density at radius 1 is 1.58 bits per heavy atom. The van der Waals surface area contributed by atoms with Gasteiger partial charge < -0.3 is 4.62 Å². The molecule has 0 radical (unpaired) electrons. The second-order valence-electron chi connectivity index (χ2n) is 2.21. The van der Waals surface area contributed by atoms with Crippen LogP contribution in [0.4, 0.5) is 0 Å². The molecule has 0 bridgehead atoms. The fourth-order valence-corrected chi connectivity index (χ4v) is 1.06. The number of hydrogen-bond donors (Lipinski definition) is 0. The van der Waals surface area contributed by atoms with Crippen LogP contribution in [0.5, 0.6) is 0 Å². The highest BCUT2D eigenvalue weighted by Gasteiger charge is 2.06. The second kappa shape index (κ2) is 3.50. The average Bonchev–Trinajstić information content (AvgIpc) is 2.03. The zero-order chi connectivity index (χ0) is 9.14. The van der Waals surface area contributed by atoms with Gasteiger partial charge in [-0.05, 0) is 6.07 Å². The van der Waals surface area contributed by atoms with E-state index in [-0.39, 0.29) is 17.0 Å². The average molecular weight is 185 g/mol. The van der Waals surface area contributed by atoms with Crippen molar-refractivity contribution in [1.82, 2.24) is 4.73 Å². The number of carbonyl (C=O) groups is 1. The van der Waals surface area contributed by atoms with E-state index < -0.39 is 0 Å². The quantitative estimate of drug-likeness (QED) is 0.490. The Bertz CT molecular complexity index is 358. The van der Waals surface area contributed by atoms with Crippen molar-refractivity contribution in [2.45, 2.75) is 6.92 Å². The van der Waals surface area contributed by atoms with Gasteiger partial charge in [-0.15, -0.1) is 4.73 Å². The number of carbonyl (C=O) groups excluding carboxylic acids is 1. The molecule has 12 heavy (non-hydrogen) atoms. The minimum absolute atomic E-state index is 0.213. The third-order valence-corrected chi connectivity index (χ3v) is 1.59. The molecule has 0 saturated carbocycles. The lowest BCUT2D eigenvalue weighted by Gasteiger charge is -2.05. The molecule has 0 aliphatic carbocycles. The summed E-state index contributed by atoms with van der Waals surface area (Å²) in [6, 6.07) is 4.35. The summed E-state index contributed by atoms with van der Waals surface area (Å²) in [5.74, 6) is -0.213. The van der Waals surface area contributed by atoms with Gasteiger partial charge in [0.1, 0.15) is 5.69 Å². The van der Waals surface area contributed by atoms with Crippen molar-refractivity contribution in [2.24, 2.45) is 0 Å². The molecule has 1 rings (SSSR count). The molecule has 0 aliphatic heterocycles. The fourth-order valence-electron chi connectivity index (χ4n) is 0.845. The molecule has 1 aromatic rings. The number of hydrogen-bond acceptors (Lipinski definition) is 3. The highest BCUT2D eigenvalue weighted by molar-refractivity contribution is 7.10. The van der Waals surface area contributed by atoms with Crippen LogP contribution in [0.2, 0.25) is 0 Å². The van der Waals surface area contributed by atoms with Gasteiger partial charge in [0, 0.05) is 13.0 Å². The van der Waals surface area contributed by atoms with Crippen LogP contribution in [-0.4, -0.2) is 10.5 Å². The summed E-state index contributed by atoms with van der Waals surface area (Å²) in [5.41, 5.74) is -0.129. The molecule has 64 valence electrons. The molecule has 0 saturated heterocycles. The minimum Gasteiger partial charge on any atom is -0.398 e. The molecule has 0 amide bonds. The molecule has 0 aromatic carbocycles. The van der Waals surface area contributed by atoms with Gasteiger partial charge in [0.05, 0.1) is 9.47 Å². The molecule has 0 fully saturated rings. The van der Waals surface area contributed by atoms with Gasteiger partial charge in [-0.3, -0.25) is 9.59 Å². The topological polar surface area (TPSA) is 48.3 Å². The SMILES string of the molecule is CC(=O)c1cccc(=O)n1OP. The predicted molar refractivity (Wildman–Crippen MR) is 47.0 cm³/mol. The van der Waals surface area contributed by atoms with Crippen molar-refractivity contribution >= 4 is 15.2 Å². The van der Waals surface area contributed by atoms with Crippen molar-refractivity contribution in [2.75, 3.05) is 0 Å². The first-order valence-corrected chi connectivity index (χ1v) is 3.74. The van der Waals surface area contributed by atoms with Gasteiger partial charge in [-0.1, -0.05) is 6.07 Å². The van der Waals surface area contributed by atoms with Gasteiger partial charge in [0.25, 0.3) is 5.56 Å². The van der Waals surface area contributed by atoms with Gasteiger partial charge in [0.2, 0.25) is 0 Å². The maximum atomic E-state index is 11.0. The Morgan fingerprint density at radius 2 is 2.25 bits per heavy atom. The van der Waals surface area contributed by atoms with Gasteiger partial charge in [0.15, 0.2) is 5.78 Å². The first-order chi connectivity index (χ1) is 5.66. The monoisotopic (exact) mass is 185 g/mol. The maximum absolute atomic E-state index is 11.0. The van der Waals surface area contributed by atoms with Crippen molar-refractivity contribution in [3.8, 4) is 0 Å². The molecule has 1 aromatic heterocycles. The summed E-state index contributed by atoms with van der Waals surface area (Å²) in [6.45, 7) is 1.37. The molecular weight excluding hydrogens is 177 g/mol. The number of pyridine rings is 1. The largest absolute Gasteiger partial charge is 0.398 e. The van der Waals surface area contributed by atoms with E-state index >= 15 is 0 Å². The lowest BCUT2D eigenvalue weighted by atomic mass is 10.3. The first-order valence-electron chi connectivity index (χ1n) is 3.27. The smallest absolute Gasteiger partial charge is 0.283 e. The number of nitrogens with zero attached hydrogens (tertiary/aromatic N) is 1. The molecule has 0 aliphatic rings. The van der Waals surface area contributed by atoms with Gasteiger partial charge >= 0.3 is 0 Å². The summed E-state index contributed by atoms with van der Waals surface area (Å²) >= 11 is 0. The summed E-state index contributed by atoms with van der Waals surface area (Å²) < 4.78 is 5.56. The summed E-state index contributed by atoms with van der Waals surface area (Å²) in [7, 11) is 1.92. The van der Waals surface area contributed by atoms with Crippen molar-refractivity contribution < 1.29 is 9.42 Å². The fraction of sp³-hybridized carbons (Fsp3) is 0.143. The Balaban J connectivity index is 3.38. The van der Waals surface area contributed by atoms with Crippen LogP contribution in [0, 0.1) is 0 Å². The Hall–Kier alpha value is -1.15. The molecule has 5 heteroatoms. The van der Waals surface area contributed by atoms with Crippen LogP contribution in [0.15, 0.2) is 23.0 Å². The first kappa shape index (κ1) is 8.94. The van der Waals surface area contributed by atoms with Crippen molar-refractivity contribution in [3.63, 3.8) is 0 Å². The normalized spacial score (nSPS) is 9.50. The van der Waals surface area contributed by atoms with E-state index in [1.807, 2.05) is 9.47 Å². The van der Waals surface area contributed by atoms with Crippen LogP contribution in [-0.2, 0) is 0 Å². The highest BCUT2D eigenvalue weighted by atomic mass is 31.0. The Kier molecular flexibility index (Phi) is 2.61. The number of Topliss-reactive ketones (excluding diaryl/α,β-unsaturated/α-hetero) is 1. The van der Waals surface area contributed by atoms with Gasteiger partial charge in [-0.2, -0.15) is 0 Å². The van der Waals surface area contributed by atoms with E-state index in [1.165, 1.54) is 25.1 Å². The third kappa shape index (κ3) is 1.53. The zero-order valence-electron chi connectivity index (χ0n) is 6.48. The van der Waals surface area contributed by atoms with E-state index in [9.17, 15) is 9.59 Å². The summed E-state index contributed by atoms with van der Waals surface area (Å²) in [4.78, 5) is 22.0. The minimum atomic E-state index is -0.363. The molecule has 0 spiro atoms. The third-order valence-electron chi connectivity index (χ3n) is 1.38. The van der Waals surface area contributed by atoms with Gasteiger partial charge in [-0.25, -0.2) is 0 Å². The van der Waals surface area contributed by atoms with E-state index in [2.05, 4.69) is 4.62 Å². The number of aromatic nitrogens is 1. The Morgan fingerprint density at radius 3 is 2.67 bits per heavy atom.